The summed E-state index contributed by atoms with van der Waals surface area (Å²) in [4.78, 5) is 0. The van der Waals surface area contributed by atoms with Crippen molar-refractivity contribution in [3.8, 4) is 22.3 Å². The standard InChI is InChI=1S/C21H19/c1-15-10-12-18(13-11-15)20-9-5-7-17(3)21(20)19-8-4-6-16(2)14-19/h4-6,8-14H,1-3H3. The van der Waals surface area contributed by atoms with Gasteiger partial charge in [-0.05, 0) is 54.7 Å². The molecule has 0 aliphatic heterocycles. The first kappa shape index (κ1) is 13.6. The minimum Gasteiger partial charge on any atom is -0.0614 e. The molecule has 0 N–H and O–H groups in total. The zero-order valence-electron chi connectivity index (χ0n) is 12.8. The van der Waals surface area contributed by atoms with Crippen LogP contribution in [0.5, 0.6) is 0 Å². The molecule has 3 aromatic carbocycles. The molecule has 0 heterocycles. The average molecular weight is 271 g/mol. The molecule has 0 bridgehead atoms. The van der Waals surface area contributed by atoms with E-state index in [1.165, 1.54) is 38.9 Å². The van der Waals surface area contributed by atoms with Gasteiger partial charge in [0.25, 0.3) is 0 Å². The van der Waals surface area contributed by atoms with Gasteiger partial charge in [0.1, 0.15) is 0 Å². The predicted molar refractivity (Wildman–Crippen MR) is 90.4 cm³/mol. The maximum absolute atomic E-state index is 3.34. The lowest BCUT2D eigenvalue weighted by Gasteiger charge is -2.14. The van der Waals surface area contributed by atoms with Gasteiger partial charge < -0.3 is 0 Å². The van der Waals surface area contributed by atoms with Gasteiger partial charge in [0.2, 0.25) is 0 Å². The molecule has 0 spiro atoms. The van der Waals surface area contributed by atoms with Crippen LogP contribution < -0.4 is 0 Å². The molecule has 0 saturated heterocycles. The molecule has 0 unspecified atom stereocenters. The highest BCUT2D eigenvalue weighted by Crippen LogP contribution is 2.34. The van der Waals surface area contributed by atoms with E-state index in [1.54, 1.807) is 0 Å². The van der Waals surface area contributed by atoms with Gasteiger partial charge in [-0.2, -0.15) is 0 Å². The molecule has 0 saturated carbocycles. The molecule has 0 heteroatoms. The van der Waals surface area contributed by atoms with E-state index in [0.29, 0.717) is 0 Å². The fourth-order valence-electron chi connectivity index (χ4n) is 2.75. The Morgan fingerprint density at radius 1 is 0.714 bits per heavy atom. The normalized spacial score (nSPS) is 10.6. The lowest BCUT2D eigenvalue weighted by atomic mass is 9.90. The maximum Gasteiger partial charge on any atom is -0.00698 e. The van der Waals surface area contributed by atoms with Crippen molar-refractivity contribution in [1.82, 2.24) is 0 Å². The molecule has 0 fully saturated rings. The summed E-state index contributed by atoms with van der Waals surface area (Å²) < 4.78 is 0. The average Bonchev–Trinajstić information content (AvgIpc) is 2.48. The Morgan fingerprint density at radius 2 is 1.48 bits per heavy atom. The Balaban J connectivity index is 2.23. The Hall–Kier alpha value is -2.34. The van der Waals surface area contributed by atoms with E-state index in [-0.39, 0.29) is 0 Å². The van der Waals surface area contributed by atoms with E-state index in [2.05, 4.69) is 81.4 Å². The third-order valence-corrected chi connectivity index (χ3v) is 3.86. The van der Waals surface area contributed by atoms with Gasteiger partial charge in [-0.3, -0.25) is 0 Å². The van der Waals surface area contributed by atoms with Crippen molar-refractivity contribution in [3.05, 3.63) is 83.4 Å². The quantitative estimate of drug-likeness (QED) is 0.557. The number of aryl methyl sites for hydroxylation is 3. The van der Waals surface area contributed by atoms with Crippen molar-refractivity contribution in [2.75, 3.05) is 0 Å². The SMILES string of the molecule is Cc1ccc(-c2cc[c]c(C)c2-c2cccc(C)c2)cc1. The second-order valence-electron chi connectivity index (χ2n) is 5.63. The fraction of sp³-hybridized carbons (Fsp3) is 0.143. The minimum absolute atomic E-state index is 1.19. The number of benzene rings is 3. The van der Waals surface area contributed by atoms with Crippen molar-refractivity contribution in [3.63, 3.8) is 0 Å². The molecule has 103 valence electrons. The van der Waals surface area contributed by atoms with Crippen LogP contribution in [0.3, 0.4) is 0 Å². The number of hydrogen-bond donors (Lipinski definition) is 0. The van der Waals surface area contributed by atoms with Gasteiger partial charge >= 0.3 is 0 Å². The highest BCUT2D eigenvalue weighted by atomic mass is 14.1. The molecular weight excluding hydrogens is 252 g/mol. The summed E-state index contributed by atoms with van der Waals surface area (Å²) in [5.41, 5.74) is 8.84. The lowest BCUT2D eigenvalue weighted by molar-refractivity contribution is 1.41. The molecular formula is C21H19. The highest BCUT2D eigenvalue weighted by Gasteiger charge is 2.10. The molecule has 0 aliphatic carbocycles. The Labute approximate surface area is 127 Å². The van der Waals surface area contributed by atoms with Gasteiger partial charge in [-0.25, -0.2) is 0 Å². The van der Waals surface area contributed by atoms with Crippen LogP contribution in [-0.4, -0.2) is 0 Å². The van der Waals surface area contributed by atoms with Crippen molar-refractivity contribution in [2.24, 2.45) is 0 Å². The Morgan fingerprint density at radius 3 is 2.19 bits per heavy atom. The van der Waals surface area contributed by atoms with E-state index in [4.69, 9.17) is 0 Å². The van der Waals surface area contributed by atoms with Crippen molar-refractivity contribution < 1.29 is 0 Å². The molecule has 21 heavy (non-hydrogen) atoms. The van der Waals surface area contributed by atoms with Crippen molar-refractivity contribution >= 4 is 0 Å². The molecule has 3 aromatic rings. The summed E-state index contributed by atoms with van der Waals surface area (Å²) in [6.07, 6.45) is 0. The van der Waals surface area contributed by atoms with E-state index < -0.39 is 0 Å². The zero-order valence-corrected chi connectivity index (χ0v) is 12.8. The molecule has 0 aromatic heterocycles. The van der Waals surface area contributed by atoms with Crippen LogP contribution in [0.25, 0.3) is 22.3 Å². The molecule has 0 nitrogen and oxygen atoms in total. The van der Waals surface area contributed by atoms with Gasteiger partial charge in [-0.1, -0.05) is 71.8 Å². The lowest BCUT2D eigenvalue weighted by Crippen LogP contribution is -1.90. The molecule has 0 amide bonds. The van der Waals surface area contributed by atoms with Gasteiger partial charge in [0, 0.05) is 0 Å². The maximum atomic E-state index is 3.34. The predicted octanol–water partition coefficient (Wildman–Crippen LogP) is 5.75. The third-order valence-electron chi connectivity index (χ3n) is 3.86. The van der Waals surface area contributed by atoms with Crippen LogP contribution in [0.4, 0.5) is 0 Å². The third kappa shape index (κ3) is 2.75. The summed E-state index contributed by atoms with van der Waals surface area (Å²) in [6.45, 7) is 6.39. The first-order valence-electron chi connectivity index (χ1n) is 7.30. The molecule has 1 radical (unpaired) electrons. The second kappa shape index (κ2) is 5.57. The molecule has 0 atom stereocenters. The zero-order chi connectivity index (χ0) is 14.8. The molecule has 3 rings (SSSR count). The van der Waals surface area contributed by atoms with Crippen molar-refractivity contribution in [2.45, 2.75) is 20.8 Å². The van der Waals surface area contributed by atoms with Gasteiger partial charge in [0.05, 0.1) is 0 Å². The minimum atomic E-state index is 1.19. The fourth-order valence-corrected chi connectivity index (χ4v) is 2.75. The summed E-state index contributed by atoms with van der Waals surface area (Å²) in [5, 5.41) is 0. The summed E-state index contributed by atoms with van der Waals surface area (Å²) in [7, 11) is 0. The van der Waals surface area contributed by atoms with E-state index in [1.807, 2.05) is 6.07 Å². The first-order valence-corrected chi connectivity index (χ1v) is 7.30. The topological polar surface area (TPSA) is 0 Å². The summed E-state index contributed by atoms with van der Waals surface area (Å²) >= 11 is 0. The second-order valence-corrected chi connectivity index (χ2v) is 5.63. The van der Waals surface area contributed by atoms with Gasteiger partial charge in [0.15, 0.2) is 0 Å². The van der Waals surface area contributed by atoms with Crippen LogP contribution in [0.2, 0.25) is 0 Å². The number of rotatable bonds is 2. The molecule has 0 aliphatic rings. The van der Waals surface area contributed by atoms with Crippen LogP contribution in [0.1, 0.15) is 16.7 Å². The highest BCUT2D eigenvalue weighted by molar-refractivity contribution is 5.85. The Bertz CT molecular complexity index is 764. The smallest absolute Gasteiger partial charge is 0.00698 e. The van der Waals surface area contributed by atoms with Crippen LogP contribution in [0.15, 0.2) is 60.7 Å². The van der Waals surface area contributed by atoms with Crippen LogP contribution >= 0.6 is 0 Å². The number of hydrogen-bond acceptors (Lipinski definition) is 0. The first-order chi connectivity index (χ1) is 10.1. The van der Waals surface area contributed by atoms with Crippen molar-refractivity contribution in [1.29, 1.82) is 0 Å². The summed E-state index contributed by atoms with van der Waals surface area (Å²) in [6, 6.07) is 24.9. The monoisotopic (exact) mass is 271 g/mol. The van der Waals surface area contributed by atoms with Gasteiger partial charge in [-0.15, -0.1) is 0 Å². The van der Waals surface area contributed by atoms with E-state index >= 15 is 0 Å². The summed E-state index contributed by atoms with van der Waals surface area (Å²) in [5.74, 6) is 0. The van der Waals surface area contributed by atoms with E-state index in [9.17, 15) is 0 Å². The van der Waals surface area contributed by atoms with Crippen LogP contribution in [-0.2, 0) is 0 Å². The largest absolute Gasteiger partial charge is 0.0614 e. The van der Waals surface area contributed by atoms with E-state index in [0.717, 1.165) is 0 Å². The van der Waals surface area contributed by atoms with Crippen LogP contribution in [0, 0.1) is 26.8 Å². The Kier molecular flexibility index (Phi) is 3.62.